The van der Waals surface area contributed by atoms with Crippen LogP contribution in [0.5, 0.6) is 11.5 Å². The molecule has 0 saturated carbocycles. The molecule has 1 N–H and O–H groups in total. The number of amides is 2. The Bertz CT molecular complexity index is 1100. The molecule has 3 aromatic carbocycles. The van der Waals surface area contributed by atoms with E-state index in [1.165, 1.54) is 0 Å². The quantitative estimate of drug-likeness (QED) is 0.607. The van der Waals surface area contributed by atoms with Gasteiger partial charge >= 0.3 is 0 Å². The maximum Gasteiger partial charge on any atom is 0.255 e. The molecular formula is C24H22N2O4S. The lowest BCUT2D eigenvalue weighted by atomic mass is 10.1. The van der Waals surface area contributed by atoms with E-state index in [0.29, 0.717) is 28.5 Å². The van der Waals surface area contributed by atoms with Crippen molar-refractivity contribution in [2.45, 2.75) is 5.37 Å². The van der Waals surface area contributed by atoms with Crippen LogP contribution in [-0.4, -0.2) is 31.8 Å². The monoisotopic (exact) mass is 434 g/mol. The smallest absolute Gasteiger partial charge is 0.255 e. The van der Waals surface area contributed by atoms with Gasteiger partial charge in [0.2, 0.25) is 5.91 Å². The van der Waals surface area contributed by atoms with E-state index in [4.69, 9.17) is 9.47 Å². The molecule has 2 amide bonds. The van der Waals surface area contributed by atoms with Crippen molar-refractivity contribution >= 4 is 35.0 Å². The van der Waals surface area contributed by atoms with Gasteiger partial charge in [-0.05, 0) is 48.0 Å². The first kappa shape index (κ1) is 20.8. The second kappa shape index (κ2) is 9.14. The van der Waals surface area contributed by atoms with Gasteiger partial charge in [-0.25, -0.2) is 0 Å². The Morgan fingerprint density at radius 3 is 2.35 bits per heavy atom. The molecule has 0 spiro atoms. The Hall–Kier alpha value is -3.45. The van der Waals surface area contributed by atoms with E-state index in [2.05, 4.69) is 5.32 Å². The number of hydrogen-bond donors (Lipinski definition) is 1. The second-order valence-corrected chi connectivity index (χ2v) is 8.01. The minimum Gasteiger partial charge on any atom is -0.497 e. The number of methoxy groups -OCH3 is 2. The van der Waals surface area contributed by atoms with Crippen molar-refractivity contribution < 1.29 is 19.1 Å². The zero-order valence-corrected chi connectivity index (χ0v) is 18.0. The maximum absolute atomic E-state index is 12.6. The number of benzene rings is 3. The van der Waals surface area contributed by atoms with Crippen LogP contribution in [0.1, 0.15) is 21.3 Å². The van der Waals surface area contributed by atoms with Crippen molar-refractivity contribution in [3.05, 3.63) is 83.9 Å². The zero-order valence-electron chi connectivity index (χ0n) is 17.2. The first-order chi connectivity index (χ1) is 15.1. The third-order valence-electron chi connectivity index (χ3n) is 4.99. The number of anilines is 2. The van der Waals surface area contributed by atoms with Gasteiger partial charge in [-0.3, -0.25) is 14.5 Å². The third-order valence-corrected chi connectivity index (χ3v) is 6.20. The molecule has 0 radical (unpaired) electrons. The highest BCUT2D eigenvalue weighted by molar-refractivity contribution is 8.00. The van der Waals surface area contributed by atoms with Crippen molar-refractivity contribution in [1.29, 1.82) is 0 Å². The summed E-state index contributed by atoms with van der Waals surface area (Å²) in [6.07, 6.45) is 0. The first-order valence-corrected chi connectivity index (χ1v) is 10.8. The first-order valence-electron chi connectivity index (χ1n) is 9.72. The molecule has 1 unspecified atom stereocenters. The van der Waals surface area contributed by atoms with Gasteiger partial charge in [-0.15, -0.1) is 11.8 Å². The van der Waals surface area contributed by atoms with Crippen LogP contribution in [0.15, 0.2) is 72.8 Å². The fourth-order valence-electron chi connectivity index (χ4n) is 3.41. The Labute approximate surface area is 185 Å². The van der Waals surface area contributed by atoms with E-state index in [1.54, 1.807) is 55.1 Å². The van der Waals surface area contributed by atoms with Gasteiger partial charge in [0.1, 0.15) is 16.9 Å². The molecule has 1 aliphatic rings. The average Bonchev–Trinajstić information content (AvgIpc) is 3.21. The summed E-state index contributed by atoms with van der Waals surface area (Å²) in [7, 11) is 3.17. The predicted octanol–water partition coefficient (Wildman–Crippen LogP) is 4.73. The lowest BCUT2D eigenvalue weighted by Crippen LogP contribution is -2.27. The normalized spacial score (nSPS) is 15.6. The Balaban J connectivity index is 1.51. The topological polar surface area (TPSA) is 67.9 Å². The second-order valence-electron chi connectivity index (χ2n) is 6.94. The molecule has 0 aromatic heterocycles. The van der Waals surface area contributed by atoms with Crippen LogP contribution in [0.3, 0.4) is 0 Å². The third kappa shape index (κ3) is 4.51. The van der Waals surface area contributed by atoms with E-state index in [9.17, 15) is 9.59 Å². The summed E-state index contributed by atoms with van der Waals surface area (Å²) in [6, 6.07) is 22.1. The number of rotatable bonds is 6. The zero-order chi connectivity index (χ0) is 21.8. The van der Waals surface area contributed by atoms with E-state index < -0.39 is 0 Å². The number of carbonyl (C=O) groups excluding carboxylic acids is 2. The molecule has 1 heterocycles. The molecule has 1 fully saturated rings. The van der Waals surface area contributed by atoms with Gasteiger partial charge in [0.05, 0.1) is 20.0 Å². The van der Waals surface area contributed by atoms with Crippen LogP contribution in [0, 0.1) is 0 Å². The Morgan fingerprint density at radius 2 is 1.65 bits per heavy atom. The van der Waals surface area contributed by atoms with Crippen molar-refractivity contribution in [2.24, 2.45) is 0 Å². The molecule has 0 aliphatic carbocycles. The highest BCUT2D eigenvalue weighted by Crippen LogP contribution is 2.42. The van der Waals surface area contributed by atoms with Crippen molar-refractivity contribution in [1.82, 2.24) is 0 Å². The molecule has 4 rings (SSSR count). The number of carbonyl (C=O) groups is 2. The molecule has 1 saturated heterocycles. The summed E-state index contributed by atoms with van der Waals surface area (Å²) in [6.45, 7) is 0. The summed E-state index contributed by atoms with van der Waals surface area (Å²) < 4.78 is 10.5. The van der Waals surface area contributed by atoms with E-state index in [-0.39, 0.29) is 17.2 Å². The maximum atomic E-state index is 12.6. The molecule has 1 atom stereocenters. The fourth-order valence-corrected chi connectivity index (χ4v) is 4.59. The van der Waals surface area contributed by atoms with Crippen LogP contribution < -0.4 is 19.7 Å². The van der Waals surface area contributed by atoms with E-state index >= 15 is 0 Å². The highest BCUT2D eigenvalue weighted by Gasteiger charge is 2.34. The molecule has 1 aliphatic heterocycles. The van der Waals surface area contributed by atoms with Crippen molar-refractivity contribution in [3.8, 4) is 11.5 Å². The van der Waals surface area contributed by atoms with Crippen LogP contribution in [0.2, 0.25) is 0 Å². The standard InChI is InChI=1S/C24H22N2O4S/c1-29-20-7-3-5-17(13-20)23(28)25-18-11-9-16(10-12-18)24-26(22(27)15-31-24)19-6-4-8-21(14-19)30-2/h3-14,24H,15H2,1-2H3,(H,25,28). The summed E-state index contributed by atoms with van der Waals surface area (Å²) in [5.74, 6) is 1.59. The van der Waals surface area contributed by atoms with Crippen molar-refractivity contribution in [2.75, 3.05) is 30.2 Å². The van der Waals surface area contributed by atoms with E-state index in [1.807, 2.05) is 48.5 Å². The molecule has 6 nitrogen and oxygen atoms in total. The van der Waals surface area contributed by atoms with Gasteiger partial charge in [-0.1, -0.05) is 24.3 Å². The summed E-state index contributed by atoms with van der Waals surface area (Å²) in [5.41, 5.74) is 2.98. The lowest BCUT2D eigenvalue weighted by molar-refractivity contribution is -0.115. The minimum absolute atomic E-state index is 0.0543. The lowest BCUT2D eigenvalue weighted by Gasteiger charge is -2.25. The Kier molecular flexibility index (Phi) is 6.13. The number of thioether (sulfide) groups is 1. The minimum atomic E-state index is -0.213. The summed E-state index contributed by atoms with van der Waals surface area (Å²) in [5, 5.41) is 2.76. The Morgan fingerprint density at radius 1 is 0.968 bits per heavy atom. The van der Waals surface area contributed by atoms with Gasteiger partial charge in [0, 0.05) is 23.0 Å². The summed E-state index contributed by atoms with van der Waals surface area (Å²) in [4.78, 5) is 26.9. The molecule has 0 bridgehead atoms. The number of ether oxygens (including phenoxy) is 2. The van der Waals surface area contributed by atoms with Gasteiger partial charge in [0.25, 0.3) is 5.91 Å². The molecule has 158 valence electrons. The highest BCUT2D eigenvalue weighted by atomic mass is 32.2. The molecular weight excluding hydrogens is 412 g/mol. The molecule has 7 heteroatoms. The summed E-state index contributed by atoms with van der Waals surface area (Å²) >= 11 is 1.58. The molecule has 3 aromatic rings. The number of hydrogen-bond acceptors (Lipinski definition) is 5. The average molecular weight is 435 g/mol. The van der Waals surface area contributed by atoms with Gasteiger partial charge in [-0.2, -0.15) is 0 Å². The predicted molar refractivity (Wildman–Crippen MR) is 123 cm³/mol. The number of nitrogens with one attached hydrogen (secondary N) is 1. The molecule has 31 heavy (non-hydrogen) atoms. The van der Waals surface area contributed by atoms with Crippen molar-refractivity contribution in [3.63, 3.8) is 0 Å². The van der Waals surface area contributed by atoms with Crippen LogP contribution in [0.25, 0.3) is 0 Å². The van der Waals surface area contributed by atoms with Crippen LogP contribution in [-0.2, 0) is 4.79 Å². The van der Waals surface area contributed by atoms with Crippen LogP contribution in [0.4, 0.5) is 11.4 Å². The number of nitrogens with zero attached hydrogens (tertiary/aromatic N) is 1. The SMILES string of the molecule is COc1cccc(C(=O)Nc2ccc(C3SCC(=O)N3c3cccc(OC)c3)cc2)c1. The van der Waals surface area contributed by atoms with Gasteiger partial charge in [0.15, 0.2) is 0 Å². The largest absolute Gasteiger partial charge is 0.497 e. The van der Waals surface area contributed by atoms with Gasteiger partial charge < -0.3 is 14.8 Å². The van der Waals surface area contributed by atoms with Crippen LogP contribution >= 0.6 is 11.8 Å². The van der Waals surface area contributed by atoms with E-state index in [0.717, 1.165) is 11.3 Å². The fraction of sp³-hybridized carbons (Fsp3) is 0.167.